The Morgan fingerprint density at radius 1 is 1.24 bits per heavy atom. The van der Waals surface area contributed by atoms with Gasteiger partial charge in [-0.3, -0.25) is 9.36 Å². The summed E-state index contributed by atoms with van der Waals surface area (Å²) in [6.45, 7) is 6.97. The van der Waals surface area contributed by atoms with E-state index in [4.69, 9.17) is 0 Å². The van der Waals surface area contributed by atoms with Crippen LogP contribution in [-0.4, -0.2) is 47.0 Å². The number of aromatic nitrogens is 2. The molecule has 0 radical (unpaired) electrons. The van der Waals surface area contributed by atoms with Gasteiger partial charge in [0.1, 0.15) is 5.82 Å². The van der Waals surface area contributed by atoms with Gasteiger partial charge in [-0.15, -0.1) is 0 Å². The van der Waals surface area contributed by atoms with Crippen molar-refractivity contribution in [2.75, 3.05) is 32.9 Å². The van der Waals surface area contributed by atoms with Crippen molar-refractivity contribution >= 4 is 22.7 Å². The van der Waals surface area contributed by atoms with Crippen molar-refractivity contribution in [1.29, 1.82) is 0 Å². The lowest BCUT2D eigenvalue weighted by Crippen LogP contribution is -2.40. The lowest BCUT2D eigenvalue weighted by atomic mass is 10.2. The maximum Gasteiger partial charge on any atom is 0.262 e. The molecule has 0 N–H and O–H groups in total. The van der Waals surface area contributed by atoms with E-state index in [0.29, 0.717) is 17.4 Å². The van der Waals surface area contributed by atoms with E-state index in [9.17, 15) is 9.18 Å². The van der Waals surface area contributed by atoms with Gasteiger partial charge in [-0.25, -0.2) is 9.37 Å². The zero-order valence-corrected chi connectivity index (χ0v) is 16.5. The fourth-order valence-electron chi connectivity index (χ4n) is 2.60. The molecule has 1 aromatic heterocycles. The summed E-state index contributed by atoms with van der Waals surface area (Å²) >= 11 is 1.62. The van der Waals surface area contributed by atoms with Gasteiger partial charge in [0.25, 0.3) is 5.56 Å². The second-order valence-corrected chi connectivity index (χ2v) is 8.11. The van der Waals surface area contributed by atoms with Gasteiger partial charge in [-0.2, -0.15) is 0 Å². The van der Waals surface area contributed by atoms with Gasteiger partial charge < -0.3 is 4.48 Å². The fraction of sp³-hybridized carbons (Fsp3) is 0.579. The van der Waals surface area contributed by atoms with E-state index in [2.05, 4.69) is 32.9 Å². The predicted molar refractivity (Wildman–Crippen MR) is 104 cm³/mol. The van der Waals surface area contributed by atoms with Crippen LogP contribution in [0.25, 0.3) is 10.9 Å². The summed E-state index contributed by atoms with van der Waals surface area (Å²) in [6.07, 6.45) is 3.09. The summed E-state index contributed by atoms with van der Waals surface area (Å²) in [6, 6.07) is 4.26. The van der Waals surface area contributed by atoms with Gasteiger partial charge in [-0.1, -0.05) is 25.1 Å². The SMILES string of the molecule is CCCCSc1nc2ccc(F)cc2c(=O)n1CCC[N+](C)(C)CC. The van der Waals surface area contributed by atoms with Crippen molar-refractivity contribution in [3.8, 4) is 0 Å². The molecule has 0 fully saturated rings. The Labute approximate surface area is 153 Å². The third-order valence-corrected chi connectivity index (χ3v) is 5.67. The number of halogens is 1. The fourth-order valence-corrected chi connectivity index (χ4v) is 3.71. The monoisotopic (exact) mass is 366 g/mol. The van der Waals surface area contributed by atoms with Crippen LogP contribution in [-0.2, 0) is 6.54 Å². The number of hydrogen-bond acceptors (Lipinski definition) is 3. The number of thioether (sulfide) groups is 1. The van der Waals surface area contributed by atoms with Gasteiger partial charge >= 0.3 is 0 Å². The highest BCUT2D eigenvalue weighted by Crippen LogP contribution is 2.20. The van der Waals surface area contributed by atoms with Crippen molar-refractivity contribution < 1.29 is 8.87 Å². The number of nitrogens with zero attached hydrogens (tertiary/aromatic N) is 3. The quantitative estimate of drug-likeness (QED) is 0.292. The molecule has 2 aromatic rings. The molecule has 0 bridgehead atoms. The van der Waals surface area contributed by atoms with Crippen LogP contribution < -0.4 is 5.56 Å². The van der Waals surface area contributed by atoms with E-state index in [1.165, 1.54) is 12.1 Å². The highest BCUT2D eigenvalue weighted by atomic mass is 32.2. The Bertz CT molecular complexity index is 773. The molecule has 0 aliphatic rings. The van der Waals surface area contributed by atoms with Gasteiger partial charge in [-0.05, 0) is 31.5 Å². The topological polar surface area (TPSA) is 34.9 Å². The second kappa shape index (κ2) is 8.81. The molecule has 6 heteroatoms. The summed E-state index contributed by atoms with van der Waals surface area (Å²) in [5.41, 5.74) is 0.441. The smallest absolute Gasteiger partial charge is 0.262 e. The number of unbranched alkanes of at least 4 members (excludes halogenated alkanes) is 1. The largest absolute Gasteiger partial charge is 0.329 e. The lowest BCUT2D eigenvalue weighted by molar-refractivity contribution is -0.888. The number of rotatable bonds is 9. The standard InChI is InChI=1S/C19H29FN3OS/c1-5-7-13-25-19-21-17-10-9-15(20)14-16(17)18(24)22(19)11-8-12-23(3,4)6-2/h9-10,14H,5-8,11-13H2,1-4H3/q+1. The van der Waals surface area contributed by atoms with Crippen LogP contribution in [0.5, 0.6) is 0 Å². The maximum absolute atomic E-state index is 13.6. The van der Waals surface area contributed by atoms with E-state index in [-0.39, 0.29) is 5.56 Å². The first-order valence-electron chi connectivity index (χ1n) is 9.03. The van der Waals surface area contributed by atoms with E-state index < -0.39 is 5.82 Å². The van der Waals surface area contributed by atoms with Crippen molar-refractivity contribution in [2.45, 2.75) is 44.8 Å². The van der Waals surface area contributed by atoms with Crippen molar-refractivity contribution in [3.05, 3.63) is 34.4 Å². The molecule has 0 aliphatic heterocycles. The van der Waals surface area contributed by atoms with Crippen LogP contribution in [0.4, 0.5) is 4.39 Å². The van der Waals surface area contributed by atoms with Crippen LogP contribution in [0.1, 0.15) is 33.1 Å². The molecule has 0 atom stereocenters. The number of benzene rings is 1. The zero-order chi connectivity index (χ0) is 18.4. The molecule has 0 amide bonds. The Balaban J connectivity index is 2.34. The molecule has 0 saturated heterocycles. The molecule has 0 aliphatic carbocycles. The number of quaternary nitrogens is 1. The molecular weight excluding hydrogens is 337 g/mol. The molecule has 25 heavy (non-hydrogen) atoms. The molecule has 1 heterocycles. The Hall–Kier alpha value is -1.40. The molecule has 138 valence electrons. The van der Waals surface area contributed by atoms with Crippen LogP contribution in [0.3, 0.4) is 0 Å². The van der Waals surface area contributed by atoms with Crippen molar-refractivity contribution in [3.63, 3.8) is 0 Å². The van der Waals surface area contributed by atoms with Crippen molar-refractivity contribution in [2.24, 2.45) is 0 Å². The molecule has 0 unspecified atom stereocenters. The number of hydrogen-bond donors (Lipinski definition) is 0. The summed E-state index contributed by atoms with van der Waals surface area (Å²) < 4.78 is 16.2. The molecule has 0 saturated carbocycles. The minimum atomic E-state index is -0.395. The first-order valence-corrected chi connectivity index (χ1v) is 10.0. The second-order valence-electron chi connectivity index (χ2n) is 7.04. The number of fused-ring (bicyclic) bond motifs is 1. The third kappa shape index (κ3) is 5.28. The Kier molecular flexibility index (Phi) is 7.02. The highest BCUT2D eigenvalue weighted by molar-refractivity contribution is 7.99. The highest BCUT2D eigenvalue weighted by Gasteiger charge is 2.15. The van der Waals surface area contributed by atoms with Crippen LogP contribution in [0.15, 0.2) is 28.2 Å². The summed E-state index contributed by atoms with van der Waals surface area (Å²) in [7, 11) is 4.38. The summed E-state index contributed by atoms with van der Waals surface area (Å²) in [4.78, 5) is 17.5. The molecular formula is C19H29FN3OS+. The van der Waals surface area contributed by atoms with Crippen molar-refractivity contribution in [1.82, 2.24) is 9.55 Å². The van der Waals surface area contributed by atoms with E-state index in [1.807, 2.05) is 0 Å². The van der Waals surface area contributed by atoms with Gasteiger partial charge in [0, 0.05) is 18.7 Å². The lowest BCUT2D eigenvalue weighted by Gasteiger charge is -2.28. The normalized spacial score (nSPS) is 12.0. The maximum atomic E-state index is 13.6. The molecule has 4 nitrogen and oxygen atoms in total. The average molecular weight is 367 g/mol. The average Bonchev–Trinajstić information content (AvgIpc) is 2.58. The zero-order valence-electron chi connectivity index (χ0n) is 15.7. The first kappa shape index (κ1) is 19.9. The van der Waals surface area contributed by atoms with Gasteiger partial charge in [0.05, 0.1) is 38.1 Å². The molecule has 1 aromatic carbocycles. The minimum Gasteiger partial charge on any atom is -0.329 e. The first-order chi connectivity index (χ1) is 11.9. The van der Waals surface area contributed by atoms with E-state index in [0.717, 1.165) is 47.7 Å². The Morgan fingerprint density at radius 3 is 2.68 bits per heavy atom. The summed E-state index contributed by atoms with van der Waals surface area (Å²) in [5, 5.41) is 1.11. The van der Waals surface area contributed by atoms with Crippen LogP contribution >= 0.6 is 11.8 Å². The third-order valence-electron chi connectivity index (χ3n) is 4.61. The Morgan fingerprint density at radius 2 is 2.00 bits per heavy atom. The predicted octanol–water partition coefficient (Wildman–Crippen LogP) is 3.91. The van der Waals surface area contributed by atoms with E-state index in [1.54, 1.807) is 22.4 Å². The van der Waals surface area contributed by atoms with Gasteiger partial charge in [0.2, 0.25) is 0 Å². The van der Waals surface area contributed by atoms with E-state index >= 15 is 0 Å². The molecule has 0 spiro atoms. The molecule has 2 rings (SSSR count). The van der Waals surface area contributed by atoms with Gasteiger partial charge in [0.15, 0.2) is 5.16 Å². The van der Waals surface area contributed by atoms with Crippen LogP contribution in [0.2, 0.25) is 0 Å². The van der Waals surface area contributed by atoms with Crippen LogP contribution in [0, 0.1) is 5.82 Å². The summed E-state index contributed by atoms with van der Waals surface area (Å²) in [5.74, 6) is 0.541. The minimum absolute atomic E-state index is 0.134.